The number of imide groups is 1. The van der Waals surface area contributed by atoms with Crippen molar-refractivity contribution in [1.82, 2.24) is 30.1 Å². The Hall–Kier alpha value is -4.00. The number of fused-ring (bicyclic) bond motifs is 1. The van der Waals surface area contributed by atoms with Crippen LogP contribution in [0.2, 0.25) is 0 Å². The first kappa shape index (κ1) is 19.9. The summed E-state index contributed by atoms with van der Waals surface area (Å²) < 4.78 is 1.44. The molecule has 0 saturated carbocycles. The van der Waals surface area contributed by atoms with Gasteiger partial charge in [-0.15, -0.1) is 11.5 Å². The van der Waals surface area contributed by atoms with E-state index < -0.39 is 11.9 Å². The second-order valence-electron chi connectivity index (χ2n) is 8.11. The number of carbonyl (C=O) groups excluding carboxylic acids is 4. The Morgan fingerprint density at radius 2 is 2.06 bits per heavy atom. The van der Waals surface area contributed by atoms with Gasteiger partial charge in [0.25, 0.3) is 11.8 Å². The Bertz CT molecular complexity index is 1200. The lowest BCUT2D eigenvalue weighted by Gasteiger charge is -2.29. The first-order valence-electron chi connectivity index (χ1n) is 10.4. The van der Waals surface area contributed by atoms with Gasteiger partial charge in [0.2, 0.25) is 11.8 Å². The highest BCUT2D eigenvalue weighted by Gasteiger charge is 2.39. The number of rotatable bonds is 3. The van der Waals surface area contributed by atoms with Crippen LogP contribution in [0, 0.1) is 12.3 Å². The van der Waals surface area contributed by atoms with Crippen molar-refractivity contribution in [3.8, 4) is 18.0 Å². The van der Waals surface area contributed by atoms with E-state index in [0.717, 1.165) is 18.4 Å². The third kappa shape index (κ3) is 3.22. The van der Waals surface area contributed by atoms with E-state index in [1.807, 2.05) is 0 Å². The number of amides is 4. The summed E-state index contributed by atoms with van der Waals surface area (Å²) in [6.45, 7) is 0.883. The first-order chi connectivity index (χ1) is 15.5. The molecular weight excluding hydrogens is 412 g/mol. The molecule has 4 heterocycles. The van der Waals surface area contributed by atoms with Gasteiger partial charge in [-0.05, 0) is 37.0 Å². The predicted octanol–water partition coefficient (Wildman–Crippen LogP) is 0.266. The summed E-state index contributed by atoms with van der Waals surface area (Å²) in [6, 6.07) is 4.35. The van der Waals surface area contributed by atoms with Gasteiger partial charge in [0.05, 0.1) is 17.9 Å². The van der Waals surface area contributed by atoms with Crippen molar-refractivity contribution in [2.75, 3.05) is 6.54 Å². The highest BCUT2D eigenvalue weighted by molar-refractivity contribution is 6.05. The summed E-state index contributed by atoms with van der Waals surface area (Å²) in [5.41, 5.74) is 2.00. The number of benzene rings is 1. The second kappa shape index (κ2) is 7.60. The second-order valence-corrected chi connectivity index (χ2v) is 8.11. The van der Waals surface area contributed by atoms with Crippen molar-refractivity contribution in [3.63, 3.8) is 0 Å². The average molecular weight is 432 g/mol. The lowest BCUT2D eigenvalue weighted by Crippen LogP contribution is -2.52. The van der Waals surface area contributed by atoms with Gasteiger partial charge in [0.1, 0.15) is 6.04 Å². The van der Waals surface area contributed by atoms with E-state index in [-0.39, 0.29) is 35.9 Å². The van der Waals surface area contributed by atoms with Gasteiger partial charge in [-0.2, -0.15) is 0 Å². The Morgan fingerprint density at radius 3 is 2.84 bits per heavy atom. The minimum absolute atomic E-state index is 0.184. The summed E-state index contributed by atoms with van der Waals surface area (Å²) in [6.07, 6.45) is 9.17. The molecule has 2 unspecified atom stereocenters. The summed E-state index contributed by atoms with van der Waals surface area (Å²) in [7, 11) is 0. The number of nitrogens with one attached hydrogen (secondary N) is 1. The number of piperidine rings is 1. The van der Waals surface area contributed by atoms with Crippen LogP contribution in [0.25, 0.3) is 5.69 Å². The summed E-state index contributed by atoms with van der Waals surface area (Å²) in [4.78, 5) is 52.5. The maximum atomic E-state index is 13.0. The third-order valence-corrected chi connectivity index (χ3v) is 6.19. The zero-order valence-corrected chi connectivity index (χ0v) is 17.2. The summed E-state index contributed by atoms with van der Waals surface area (Å²) in [5.74, 6) is 1.32. The minimum atomic E-state index is -0.670. The molecule has 0 aliphatic carbocycles. The van der Waals surface area contributed by atoms with Crippen LogP contribution in [0.5, 0.6) is 0 Å². The maximum Gasteiger partial charge on any atom is 0.277 e. The van der Waals surface area contributed by atoms with Gasteiger partial charge in [-0.25, -0.2) is 4.68 Å². The standard InChI is InChI=1S/C22H20N6O4/c1-2-14-4-3-9-26(14)22(32)17-12-28(25-24-17)15-6-5-13-11-27(21(31)16(13)10-15)18-7-8-19(29)23-20(18)30/h1,5-6,10,12,14,18H,3-4,7-9,11H2,(H,23,29,30). The number of hydrogen-bond acceptors (Lipinski definition) is 6. The third-order valence-electron chi connectivity index (χ3n) is 6.19. The fourth-order valence-electron chi connectivity index (χ4n) is 4.50. The van der Waals surface area contributed by atoms with E-state index in [2.05, 4.69) is 21.5 Å². The molecule has 2 fully saturated rings. The molecule has 0 radical (unpaired) electrons. The van der Waals surface area contributed by atoms with E-state index in [1.54, 1.807) is 23.1 Å². The van der Waals surface area contributed by atoms with Crippen LogP contribution in [0.3, 0.4) is 0 Å². The highest BCUT2D eigenvalue weighted by atomic mass is 16.2. The molecule has 2 saturated heterocycles. The molecule has 0 bridgehead atoms. The molecule has 5 rings (SSSR count). The van der Waals surface area contributed by atoms with E-state index in [4.69, 9.17) is 6.42 Å². The quantitative estimate of drug-likeness (QED) is 0.550. The fourth-order valence-corrected chi connectivity index (χ4v) is 4.50. The van der Waals surface area contributed by atoms with Crippen molar-refractivity contribution in [3.05, 3.63) is 41.2 Å². The van der Waals surface area contributed by atoms with E-state index in [9.17, 15) is 19.2 Å². The minimum Gasteiger partial charge on any atom is -0.323 e. The highest BCUT2D eigenvalue weighted by Crippen LogP contribution is 2.29. The van der Waals surface area contributed by atoms with Crippen molar-refractivity contribution >= 4 is 23.6 Å². The van der Waals surface area contributed by atoms with Crippen molar-refractivity contribution in [2.45, 2.75) is 44.3 Å². The van der Waals surface area contributed by atoms with Crippen LogP contribution < -0.4 is 5.32 Å². The van der Waals surface area contributed by atoms with E-state index in [0.29, 0.717) is 30.8 Å². The maximum absolute atomic E-state index is 13.0. The molecule has 3 aliphatic rings. The Kier molecular flexibility index (Phi) is 4.74. The van der Waals surface area contributed by atoms with Crippen LogP contribution in [-0.4, -0.2) is 67.1 Å². The van der Waals surface area contributed by atoms with Gasteiger partial charge < -0.3 is 9.80 Å². The number of nitrogens with zero attached hydrogens (tertiary/aromatic N) is 5. The zero-order chi connectivity index (χ0) is 22.4. The van der Waals surface area contributed by atoms with E-state index in [1.165, 1.54) is 15.8 Å². The topological polar surface area (TPSA) is 118 Å². The number of terminal acetylenes is 1. The smallest absolute Gasteiger partial charge is 0.277 e. The van der Waals surface area contributed by atoms with Crippen molar-refractivity contribution in [2.24, 2.45) is 0 Å². The molecule has 10 nitrogen and oxygen atoms in total. The van der Waals surface area contributed by atoms with Crippen LogP contribution in [0.15, 0.2) is 24.4 Å². The normalized spacial score (nSPS) is 22.7. The average Bonchev–Trinajstić information content (AvgIpc) is 3.52. The lowest BCUT2D eigenvalue weighted by molar-refractivity contribution is -0.136. The largest absolute Gasteiger partial charge is 0.323 e. The number of carbonyl (C=O) groups is 4. The van der Waals surface area contributed by atoms with Gasteiger partial charge >= 0.3 is 0 Å². The molecule has 1 aromatic heterocycles. The van der Waals surface area contributed by atoms with Crippen LogP contribution in [0.1, 0.15) is 52.1 Å². The molecule has 2 atom stereocenters. The summed E-state index contributed by atoms with van der Waals surface area (Å²) >= 11 is 0. The fraction of sp³-hybridized carbons (Fsp3) is 0.364. The Labute approximate surface area is 183 Å². The molecule has 1 aromatic carbocycles. The van der Waals surface area contributed by atoms with Crippen LogP contribution >= 0.6 is 0 Å². The Balaban J connectivity index is 1.36. The number of hydrogen-bond donors (Lipinski definition) is 1. The lowest BCUT2D eigenvalue weighted by atomic mass is 10.0. The zero-order valence-electron chi connectivity index (χ0n) is 17.2. The molecule has 0 spiro atoms. The van der Waals surface area contributed by atoms with Gasteiger partial charge in [-0.1, -0.05) is 17.2 Å². The van der Waals surface area contributed by atoms with Crippen molar-refractivity contribution < 1.29 is 19.2 Å². The molecular formula is C22H20N6O4. The molecule has 10 heteroatoms. The number of aromatic nitrogens is 3. The molecule has 2 aromatic rings. The predicted molar refractivity (Wildman–Crippen MR) is 110 cm³/mol. The van der Waals surface area contributed by atoms with Gasteiger partial charge in [-0.3, -0.25) is 24.5 Å². The SMILES string of the molecule is C#CC1CCCN1C(=O)c1cn(-c2ccc3c(c2)C(=O)N(C2CCC(=O)NC2=O)C3)nn1. The molecule has 162 valence electrons. The van der Waals surface area contributed by atoms with Crippen molar-refractivity contribution in [1.29, 1.82) is 0 Å². The molecule has 1 N–H and O–H groups in total. The monoisotopic (exact) mass is 432 g/mol. The first-order valence-corrected chi connectivity index (χ1v) is 10.4. The van der Waals surface area contributed by atoms with Gasteiger partial charge in [0, 0.05) is 25.1 Å². The van der Waals surface area contributed by atoms with Crippen LogP contribution in [-0.2, 0) is 16.1 Å². The molecule has 32 heavy (non-hydrogen) atoms. The van der Waals surface area contributed by atoms with Crippen LogP contribution in [0.4, 0.5) is 0 Å². The molecule has 3 aliphatic heterocycles. The number of likely N-dealkylation sites (tertiary alicyclic amines) is 1. The summed E-state index contributed by atoms with van der Waals surface area (Å²) in [5, 5.41) is 10.3. The van der Waals surface area contributed by atoms with Gasteiger partial charge in [0.15, 0.2) is 5.69 Å². The molecule has 4 amide bonds. The Morgan fingerprint density at radius 1 is 1.22 bits per heavy atom. The van der Waals surface area contributed by atoms with E-state index >= 15 is 0 Å².